The Hall–Kier alpha value is -2.54. The van der Waals surface area contributed by atoms with Gasteiger partial charge in [0, 0.05) is 18.9 Å². The van der Waals surface area contributed by atoms with Crippen molar-refractivity contribution in [3.8, 4) is 5.75 Å². The van der Waals surface area contributed by atoms with Crippen molar-refractivity contribution in [2.45, 2.75) is 45.2 Å². The van der Waals surface area contributed by atoms with Gasteiger partial charge in [-0.25, -0.2) is 0 Å². The topological polar surface area (TPSA) is 47.6 Å². The Bertz CT molecular complexity index is 901. The molecule has 1 fully saturated rings. The molecule has 31 heavy (non-hydrogen) atoms. The van der Waals surface area contributed by atoms with E-state index in [1.807, 2.05) is 45.0 Å². The summed E-state index contributed by atoms with van der Waals surface area (Å²) in [6.45, 7) is 6.68. The fourth-order valence-electron chi connectivity index (χ4n) is 3.70. The van der Waals surface area contributed by atoms with Gasteiger partial charge in [-0.05, 0) is 49.4 Å². The van der Waals surface area contributed by atoms with Crippen LogP contribution in [0.1, 0.15) is 43.4 Å². The molecule has 0 aliphatic carbocycles. The predicted octanol–water partition coefficient (Wildman–Crippen LogP) is 5.74. The highest BCUT2D eigenvalue weighted by Crippen LogP contribution is 2.40. The fraction of sp³-hybridized carbons (Fsp3) is 0.458. The summed E-state index contributed by atoms with van der Waals surface area (Å²) in [7, 11) is 0. The molecule has 2 aromatic rings. The number of carbonyl (C=O) groups excluding carboxylic acids is 1. The molecule has 0 spiro atoms. The SMILES string of the molecule is Cc1ccc(C2(C(=O)Nc3ccc(OCC(C)C)c(C(F)(F)F)c3)CCOCC2)cc1. The van der Waals surface area contributed by atoms with Crippen molar-refractivity contribution >= 4 is 11.6 Å². The van der Waals surface area contributed by atoms with Crippen molar-refractivity contribution < 1.29 is 27.4 Å². The summed E-state index contributed by atoms with van der Waals surface area (Å²) in [5, 5.41) is 2.72. The van der Waals surface area contributed by atoms with Gasteiger partial charge in [0.2, 0.25) is 5.91 Å². The van der Waals surface area contributed by atoms with E-state index in [1.165, 1.54) is 12.1 Å². The molecule has 0 radical (unpaired) electrons. The Morgan fingerprint density at radius 2 is 1.77 bits per heavy atom. The Morgan fingerprint density at radius 3 is 2.35 bits per heavy atom. The maximum Gasteiger partial charge on any atom is 0.420 e. The minimum Gasteiger partial charge on any atom is -0.493 e. The first-order valence-corrected chi connectivity index (χ1v) is 10.4. The molecule has 1 saturated heterocycles. The number of ether oxygens (including phenoxy) is 2. The predicted molar refractivity (Wildman–Crippen MR) is 113 cm³/mol. The highest BCUT2D eigenvalue weighted by atomic mass is 19.4. The van der Waals surface area contributed by atoms with E-state index >= 15 is 0 Å². The van der Waals surface area contributed by atoms with Gasteiger partial charge in [0.05, 0.1) is 17.6 Å². The second-order valence-electron chi connectivity index (χ2n) is 8.43. The zero-order valence-corrected chi connectivity index (χ0v) is 18.0. The molecule has 1 amide bonds. The lowest BCUT2D eigenvalue weighted by Crippen LogP contribution is -2.44. The van der Waals surface area contributed by atoms with Crippen LogP contribution in [0, 0.1) is 12.8 Å². The summed E-state index contributed by atoms with van der Waals surface area (Å²) in [5.41, 5.74) is 0.247. The Balaban J connectivity index is 1.90. The molecular formula is C24H28F3NO3. The number of benzene rings is 2. The van der Waals surface area contributed by atoms with Crippen LogP contribution in [0.3, 0.4) is 0 Å². The van der Waals surface area contributed by atoms with Crippen LogP contribution in [-0.4, -0.2) is 25.7 Å². The van der Waals surface area contributed by atoms with Gasteiger partial charge in [-0.3, -0.25) is 4.79 Å². The van der Waals surface area contributed by atoms with Crippen molar-refractivity contribution in [3.63, 3.8) is 0 Å². The molecule has 168 valence electrons. The average molecular weight is 435 g/mol. The first-order chi connectivity index (χ1) is 14.6. The lowest BCUT2D eigenvalue weighted by atomic mass is 9.73. The van der Waals surface area contributed by atoms with E-state index < -0.39 is 17.2 Å². The monoisotopic (exact) mass is 435 g/mol. The van der Waals surface area contributed by atoms with E-state index in [-0.39, 0.29) is 29.9 Å². The van der Waals surface area contributed by atoms with Crippen LogP contribution in [0.15, 0.2) is 42.5 Å². The van der Waals surface area contributed by atoms with E-state index in [9.17, 15) is 18.0 Å². The van der Waals surface area contributed by atoms with Crippen LogP contribution in [-0.2, 0) is 21.1 Å². The third kappa shape index (κ3) is 5.39. The highest BCUT2D eigenvalue weighted by molar-refractivity contribution is 5.99. The second-order valence-corrected chi connectivity index (χ2v) is 8.43. The van der Waals surface area contributed by atoms with Crippen LogP contribution >= 0.6 is 0 Å². The molecule has 2 aromatic carbocycles. The van der Waals surface area contributed by atoms with E-state index in [0.717, 1.165) is 17.2 Å². The summed E-state index contributed by atoms with van der Waals surface area (Å²) in [5.74, 6) is -0.481. The zero-order chi connectivity index (χ0) is 22.6. The van der Waals surface area contributed by atoms with Crippen LogP contribution in [0.2, 0.25) is 0 Å². The minimum absolute atomic E-state index is 0.0864. The molecular weight excluding hydrogens is 407 g/mol. The van der Waals surface area contributed by atoms with Gasteiger partial charge in [-0.1, -0.05) is 43.7 Å². The highest BCUT2D eigenvalue weighted by Gasteiger charge is 2.42. The lowest BCUT2D eigenvalue weighted by Gasteiger charge is -2.36. The van der Waals surface area contributed by atoms with Gasteiger partial charge in [0.25, 0.3) is 0 Å². The maximum atomic E-state index is 13.6. The third-order valence-electron chi connectivity index (χ3n) is 5.50. The second kappa shape index (κ2) is 9.30. The fourth-order valence-corrected chi connectivity index (χ4v) is 3.70. The maximum absolute atomic E-state index is 13.6. The van der Waals surface area contributed by atoms with E-state index in [4.69, 9.17) is 9.47 Å². The summed E-state index contributed by atoms with van der Waals surface area (Å²) in [6, 6.07) is 11.3. The number of hydrogen-bond donors (Lipinski definition) is 1. The van der Waals surface area contributed by atoms with E-state index in [1.54, 1.807) is 0 Å². The number of hydrogen-bond acceptors (Lipinski definition) is 3. The van der Waals surface area contributed by atoms with Gasteiger partial charge < -0.3 is 14.8 Å². The first-order valence-electron chi connectivity index (χ1n) is 10.4. The third-order valence-corrected chi connectivity index (χ3v) is 5.50. The van der Waals surface area contributed by atoms with Gasteiger partial charge >= 0.3 is 6.18 Å². The minimum atomic E-state index is -4.60. The van der Waals surface area contributed by atoms with Crippen molar-refractivity contribution in [1.82, 2.24) is 0 Å². The molecule has 7 heteroatoms. The molecule has 4 nitrogen and oxygen atoms in total. The number of aryl methyl sites for hydroxylation is 1. The first kappa shape index (κ1) is 23.1. The van der Waals surface area contributed by atoms with Crippen molar-refractivity contribution in [1.29, 1.82) is 0 Å². The zero-order valence-electron chi connectivity index (χ0n) is 18.0. The van der Waals surface area contributed by atoms with Crippen LogP contribution in [0.4, 0.5) is 18.9 Å². The number of anilines is 1. The molecule has 0 aromatic heterocycles. The van der Waals surface area contributed by atoms with Crippen LogP contribution < -0.4 is 10.1 Å². The van der Waals surface area contributed by atoms with Gasteiger partial charge in [-0.15, -0.1) is 0 Å². The number of nitrogens with one attached hydrogen (secondary N) is 1. The number of carbonyl (C=O) groups is 1. The van der Waals surface area contributed by atoms with E-state index in [0.29, 0.717) is 26.1 Å². The number of alkyl halides is 3. The Morgan fingerprint density at radius 1 is 1.13 bits per heavy atom. The molecule has 0 unspecified atom stereocenters. The van der Waals surface area contributed by atoms with Gasteiger partial charge in [0.1, 0.15) is 5.75 Å². The molecule has 1 heterocycles. The van der Waals surface area contributed by atoms with Gasteiger partial charge in [0.15, 0.2) is 0 Å². The largest absolute Gasteiger partial charge is 0.493 e. The molecule has 0 saturated carbocycles. The summed E-state index contributed by atoms with van der Waals surface area (Å²) in [6.07, 6.45) is -3.67. The summed E-state index contributed by atoms with van der Waals surface area (Å²) >= 11 is 0. The number of rotatable bonds is 6. The molecule has 0 atom stereocenters. The molecule has 0 bridgehead atoms. The Labute approximate surface area is 180 Å². The van der Waals surface area contributed by atoms with Crippen molar-refractivity contribution in [3.05, 3.63) is 59.2 Å². The van der Waals surface area contributed by atoms with Crippen LogP contribution in [0.5, 0.6) is 5.75 Å². The number of halogens is 3. The van der Waals surface area contributed by atoms with Crippen LogP contribution in [0.25, 0.3) is 0 Å². The standard InChI is InChI=1S/C24H28F3NO3/c1-16(2)15-31-21-9-8-19(14-20(21)24(25,26)27)28-22(29)23(10-12-30-13-11-23)18-6-4-17(3)5-7-18/h4-9,14,16H,10-13,15H2,1-3H3,(H,28,29). The average Bonchev–Trinajstić information content (AvgIpc) is 2.73. The Kier molecular flexibility index (Phi) is 6.94. The molecule has 1 aliphatic heterocycles. The van der Waals surface area contributed by atoms with Crippen molar-refractivity contribution in [2.75, 3.05) is 25.1 Å². The molecule has 3 rings (SSSR count). The number of amides is 1. The van der Waals surface area contributed by atoms with Crippen molar-refractivity contribution in [2.24, 2.45) is 5.92 Å². The van der Waals surface area contributed by atoms with Gasteiger partial charge in [-0.2, -0.15) is 13.2 Å². The quantitative estimate of drug-likeness (QED) is 0.630. The smallest absolute Gasteiger partial charge is 0.420 e. The summed E-state index contributed by atoms with van der Waals surface area (Å²) in [4.78, 5) is 13.4. The normalized spacial score (nSPS) is 16.2. The summed E-state index contributed by atoms with van der Waals surface area (Å²) < 4.78 is 51.6. The molecule has 1 aliphatic rings. The molecule has 1 N–H and O–H groups in total. The van der Waals surface area contributed by atoms with E-state index in [2.05, 4.69) is 5.32 Å². The lowest BCUT2D eigenvalue weighted by molar-refractivity contribution is -0.139.